The lowest BCUT2D eigenvalue weighted by atomic mass is 9.74. The van der Waals surface area contributed by atoms with Crippen molar-refractivity contribution in [3.05, 3.63) is 47.3 Å². The largest absolute Gasteiger partial charge is 0.204 e. The zero-order valence-electron chi connectivity index (χ0n) is 17.5. The van der Waals surface area contributed by atoms with Crippen LogP contribution in [0.4, 0.5) is 13.2 Å². The van der Waals surface area contributed by atoms with Gasteiger partial charge in [-0.05, 0) is 66.4 Å². The summed E-state index contributed by atoms with van der Waals surface area (Å²) in [5, 5.41) is 0.628. The molecule has 2 aliphatic rings. The van der Waals surface area contributed by atoms with Crippen LogP contribution >= 0.6 is 0 Å². The predicted octanol–water partition coefficient (Wildman–Crippen LogP) is 8.53. The van der Waals surface area contributed by atoms with Gasteiger partial charge in [0.05, 0.1) is 0 Å². The Balaban J connectivity index is 1.31. The minimum absolute atomic E-state index is 0.166. The molecule has 0 heterocycles. The van der Waals surface area contributed by atoms with E-state index in [2.05, 4.69) is 6.92 Å². The Kier molecular flexibility index (Phi) is 6.51. The molecule has 2 aromatic carbocycles. The molecule has 0 N–H and O–H groups in total. The Morgan fingerprint density at radius 3 is 1.93 bits per heavy atom. The van der Waals surface area contributed by atoms with Crippen LogP contribution in [0.3, 0.4) is 0 Å². The third-order valence-corrected chi connectivity index (χ3v) is 7.84. The van der Waals surface area contributed by atoms with E-state index in [1.54, 1.807) is 6.07 Å². The van der Waals surface area contributed by atoms with E-state index in [4.69, 9.17) is 0 Å². The lowest BCUT2D eigenvalue weighted by molar-refractivity contribution is 0.227. The van der Waals surface area contributed by atoms with E-state index in [0.717, 1.165) is 42.2 Å². The maximum Gasteiger partial charge on any atom is 0.195 e. The Bertz CT molecular complexity index is 827. The van der Waals surface area contributed by atoms with Crippen molar-refractivity contribution in [2.45, 2.75) is 83.5 Å². The van der Waals surface area contributed by atoms with Gasteiger partial charge in [0.1, 0.15) is 0 Å². The summed E-state index contributed by atoms with van der Waals surface area (Å²) < 4.78 is 41.0. The summed E-state index contributed by atoms with van der Waals surface area (Å²) in [6.07, 6.45) is 14.6. The number of fused-ring (bicyclic) bond motifs is 1. The molecule has 0 nitrogen and oxygen atoms in total. The first-order valence-corrected chi connectivity index (χ1v) is 11.6. The van der Waals surface area contributed by atoms with Gasteiger partial charge in [0.25, 0.3) is 0 Å². The van der Waals surface area contributed by atoms with Crippen LogP contribution in [-0.2, 0) is 0 Å². The molecule has 2 aliphatic carbocycles. The van der Waals surface area contributed by atoms with Gasteiger partial charge in [0.15, 0.2) is 17.5 Å². The van der Waals surface area contributed by atoms with Crippen molar-refractivity contribution < 1.29 is 13.2 Å². The summed E-state index contributed by atoms with van der Waals surface area (Å²) in [5.74, 6) is -0.365. The Morgan fingerprint density at radius 1 is 0.724 bits per heavy atom. The van der Waals surface area contributed by atoms with Crippen LogP contribution in [0.5, 0.6) is 0 Å². The van der Waals surface area contributed by atoms with E-state index < -0.39 is 17.5 Å². The highest BCUT2D eigenvalue weighted by Gasteiger charge is 2.25. The first-order chi connectivity index (χ1) is 14.0. The standard InChI is InChI=1S/C26H33F3/c1-2-17-3-5-18(6-4-17)7-8-19-9-11-20(12-10-19)21-13-14-23-22(15-21)16-24(27)26(29)25(23)28/h13-20H,2-12H2,1H3/t17-,18-,19-,20-. The predicted molar refractivity (Wildman–Crippen MR) is 113 cm³/mol. The summed E-state index contributed by atoms with van der Waals surface area (Å²) in [7, 11) is 0. The molecule has 158 valence electrons. The molecular weight excluding hydrogens is 369 g/mol. The van der Waals surface area contributed by atoms with E-state index in [0.29, 0.717) is 11.3 Å². The molecule has 0 aromatic heterocycles. The number of hydrogen-bond donors (Lipinski definition) is 0. The summed E-state index contributed by atoms with van der Waals surface area (Å²) >= 11 is 0. The minimum Gasteiger partial charge on any atom is -0.204 e. The van der Waals surface area contributed by atoms with E-state index in [1.807, 2.05) is 12.1 Å². The fourth-order valence-corrected chi connectivity index (χ4v) is 5.76. The van der Waals surface area contributed by atoms with Crippen LogP contribution in [0.1, 0.15) is 89.0 Å². The minimum atomic E-state index is -1.38. The fourth-order valence-electron chi connectivity index (χ4n) is 5.76. The van der Waals surface area contributed by atoms with Gasteiger partial charge in [0, 0.05) is 5.39 Å². The Labute approximate surface area is 172 Å². The lowest BCUT2D eigenvalue weighted by Gasteiger charge is -2.32. The molecule has 0 bridgehead atoms. The number of halogens is 3. The molecule has 29 heavy (non-hydrogen) atoms. The van der Waals surface area contributed by atoms with Gasteiger partial charge < -0.3 is 0 Å². The van der Waals surface area contributed by atoms with Crippen LogP contribution in [0.2, 0.25) is 0 Å². The molecule has 0 spiro atoms. The summed E-state index contributed by atoms with van der Waals surface area (Å²) in [6.45, 7) is 2.32. The van der Waals surface area contributed by atoms with Crippen molar-refractivity contribution >= 4 is 10.8 Å². The molecule has 0 aliphatic heterocycles. The topological polar surface area (TPSA) is 0 Å². The number of rotatable bonds is 5. The average Bonchev–Trinajstić information content (AvgIpc) is 2.76. The summed E-state index contributed by atoms with van der Waals surface area (Å²) in [6, 6.07) is 6.50. The van der Waals surface area contributed by atoms with E-state index in [1.165, 1.54) is 57.8 Å². The van der Waals surface area contributed by atoms with Gasteiger partial charge in [0.2, 0.25) is 0 Å². The zero-order valence-corrected chi connectivity index (χ0v) is 17.5. The third kappa shape index (κ3) is 4.64. The van der Waals surface area contributed by atoms with Gasteiger partial charge in [-0.2, -0.15) is 0 Å². The molecule has 2 aromatic rings. The molecule has 0 atom stereocenters. The number of benzene rings is 2. The first kappa shape index (κ1) is 20.8. The molecular formula is C26H33F3. The number of hydrogen-bond acceptors (Lipinski definition) is 0. The van der Waals surface area contributed by atoms with E-state index >= 15 is 0 Å². The normalized spacial score (nSPS) is 28.0. The Hall–Kier alpha value is -1.51. The Morgan fingerprint density at radius 2 is 1.31 bits per heavy atom. The highest BCUT2D eigenvalue weighted by Crippen LogP contribution is 2.40. The smallest absolute Gasteiger partial charge is 0.195 e. The van der Waals surface area contributed by atoms with E-state index in [9.17, 15) is 13.2 Å². The molecule has 2 saturated carbocycles. The van der Waals surface area contributed by atoms with Crippen molar-refractivity contribution in [2.75, 3.05) is 0 Å². The molecule has 0 radical (unpaired) electrons. The van der Waals surface area contributed by atoms with Crippen molar-refractivity contribution in [3.63, 3.8) is 0 Å². The van der Waals surface area contributed by atoms with Crippen LogP contribution in [-0.4, -0.2) is 0 Å². The average molecular weight is 403 g/mol. The molecule has 0 unspecified atom stereocenters. The van der Waals surface area contributed by atoms with Gasteiger partial charge in [-0.1, -0.05) is 70.1 Å². The van der Waals surface area contributed by atoms with Crippen LogP contribution in [0, 0.1) is 35.2 Å². The van der Waals surface area contributed by atoms with Crippen LogP contribution in [0.25, 0.3) is 10.8 Å². The van der Waals surface area contributed by atoms with Gasteiger partial charge >= 0.3 is 0 Å². The quantitative estimate of drug-likeness (QED) is 0.440. The summed E-state index contributed by atoms with van der Waals surface area (Å²) in [5.41, 5.74) is 1.14. The second kappa shape index (κ2) is 9.10. The van der Waals surface area contributed by atoms with Gasteiger partial charge in [-0.15, -0.1) is 0 Å². The van der Waals surface area contributed by atoms with Crippen LogP contribution in [0.15, 0.2) is 24.3 Å². The SMILES string of the molecule is CC[C@H]1CC[C@H](CC[C@H]2CC[C@H](c3ccc4c(F)c(F)c(F)cc4c3)CC2)CC1. The lowest BCUT2D eigenvalue weighted by Crippen LogP contribution is -2.17. The maximum atomic E-state index is 13.9. The molecule has 0 amide bonds. The fraction of sp³-hybridized carbons (Fsp3) is 0.615. The highest BCUT2D eigenvalue weighted by molar-refractivity contribution is 5.84. The second-order valence-corrected chi connectivity index (χ2v) is 9.56. The molecule has 3 heteroatoms. The van der Waals surface area contributed by atoms with Crippen molar-refractivity contribution in [3.8, 4) is 0 Å². The zero-order chi connectivity index (χ0) is 20.4. The van der Waals surface area contributed by atoms with Crippen molar-refractivity contribution in [1.82, 2.24) is 0 Å². The highest BCUT2D eigenvalue weighted by atomic mass is 19.2. The second-order valence-electron chi connectivity index (χ2n) is 9.56. The third-order valence-electron chi connectivity index (χ3n) is 7.84. The molecule has 0 saturated heterocycles. The van der Waals surface area contributed by atoms with Crippen molar-refractivity contribution in [1.29, 1.82) is 0 Å². The molecule has 2 fully saturated rings. The van der Waals surface area contributed by atoms with Crippen LogP contribution < -0.4 is 0 Å². The molecule has 4 rings (SSSR count). The maximum absolute atomic E-state index is 13.9. The first-order valence-electron chi connectivity index (χ1n) is 11.6. The van der Waals surface area contributed by atoms with E-state index in [-0.39, 0.29) is 5.39 Å². The van der Waals surface area contributed by atoms with Gasteiger partial charge in [-0.3, -0.25) is 0 Å². The summed E-state index contributed by atoms with van der Waals surface area (Å²) in [4.78, 5) is 0. The monoisotopic (exact) mass is 402 g/mol. The van der Waals surface area contributed by atoms with Crippen molar-refractivity contribution in [2.24, 2.45) is 17.8 Å². The van der Waals surface area contributed by atoms with Gasteiger partial charge in [-0.25, -0.2) is 13.2 Å².